The van der Waals surface area contributed by atoms with Crippen LogP contribution in [-0.2, 0) is 6.42 Å². The van der Waals surface area contributed by atoms with Gasteiger partial charge >= 0.3 is 0 Å². The van der Waals surface area contributed by atoms with Crippen LogP contribution in [0, 0.1) is 11.3 Å². The molecule has 0 aliphatic rings. The first-order valence-corrected chi connectivity index (χ1v) is 4.10. The van der Waals surface area contributed by atoms with Crippen molar-refractivity contribution in [3.8, 4) is 6.07 Å². The van der Waals surface area contributed by atoms with Crippen molar-refractivity contribution in [2.45, 2.75) is 6.42 Å². The molecule has 0 amide bonds. The third-order valence-corrected chi connectivity index (χ3v) is 1.68. The third kappa shape index (κ3) is 2.28. The maximum atomic E-state index is 8.56. The Kier molecular flexibility index (Phi) is 3.00. The minimum Gasteiger partial charge on any atom is -0.192 e. The monoisotopic (exact) mass is 163 g/mol. The first kappa shape index (κ1) is 8.16. The molecule has 0 heterocycles. The van der Waals surface area contributed by atoms with Gasteiger partial charge in [-0.25, -0.2) is 0 Å². The molecule has 0 bridgehead atoms. The van der Waals surface area contributed by atoms with Crippen molar-refractivity contribution in [2.75, 3.05) is 5.75 Å². The van der Waals surface area contributed by atoms with Gasteiger partial charge in [-0.2, -0.15) is 17.9 Å². The molecule has 1 aromatic carbocycles. The van der Waals surface area contributed by atoms with Crippen LogP contribution in [0.4, 0.5) is 0 Å². The first-order chi connectivity index (χ1) is 5.36. The van der Waals surface area contributed by atoms with Crippen LogP contribution in [0.5, 0.6) is 0 Å². The highest BCUT2D eigenvalue weighted by Gasteiger charge is 1.92. The Labute approximate surface area is 72.1 Å². The summed E-state index contributed by atoms with van der Waals surface area (Å²) in [6.45, 7) is 0. The summed E-state index contributed by atoms with van der Waals surface area (Å²) in [5, 5.41) is 8.56. The lowest BCUT2D eigenvalue weighted by molar-refractivity contribution is 1.16. The van der Waals surface area contributed by atoms with Crippen LogP contribution in [-0.4, -0.2) is 5.75 Å². The smallest absolute Gasteiger partial charge is 0.0991 e. The fourth-order valence-corrected chi connectivity index (χ4v) is 1.18. The summed E-state index contributed by atoms with van der Waals surface area (Å²) in [6.07, 6.45) is 0.929. The number of aryl methyl sites for hydroxylation is 1. The van der Waals surface area contributed by atoms with Gasteiger partial charge in [0.1, 0.15) is 0 Å². The Morgan fingerprint density at radius 3 is 2.91 bits per heavy atom. The van der Waals surface area contributed by atoms with E-state index >= 15 is 0 Å². The predicted molar refractivity (Wildman–Crippen MR) is 48.7 cm³/mol. The molecular weight excluding hydrogens is 154 g/mol. The number of benzene rings is 1. The number of hydrogen-bond donors (Lipinski definition) is 1. The summed E-state index contributed by atoms with van der Waals surface area (Å²) in [5.74, 6) is 0.828. The summed E-state index contributed by atoms with van der Waals surface area (Å²) < 4.78 is 0. The minimum absolute atomic E-state index is 0.726. The van der Waals surface area contributed by atoms with Gasteiger partial charge in [-0.05, 0) is 29.9 Å². The predicted octanol–water partition coefficient (Wildman–Crippen LogP) is 2.03. The number of nitriles is 1. The Morgan fingerprint density at radius 1 is 1.45 bits per heavy atom. The van der Waals surface area contributed by atoms with Gasteiger partial charge in [0, 0.05) is 0 Å². The lowest BCUT2D eigenvalue weighted by Crippen LogP contribution is -1.86. The van der Waals surface area contributed by atoms with Gasteiger partial charge in [0.05, 0.1) is 11.6 Å². The number of nitrogens with zero attached hydrogens (tertiary/aromatic N) is 1. The van der Waals surface area contributed by atoms with Crippen molar-refractivity contribution in [1.29, 1.82) is 5.26 Å². The first-order valence-electron chi connectivity index (χ1n) is 3.46. The van der Waals surface area contributed by atoms with Crippen LogP contribution in [0.25, 0.3) is 0 Å². The maximum Gasteiger partial charge on any atom is 0.0991 e. The second-order valence-electron chi connectivity index (χ2n) is 2.29. The van der Waals surface area contributed by atoms with Crippen molar-refractivity contribution in [2.24, 2.45) is 0 Å². The molecule has 11 heavy (non-hydrogen) atoms. The molecule has 0 aliphatic carbocycles. The highest BCUT2D eigenvalue weighted by Crippen LogP contribution is 2.04. The standard InChI is InChI=1S/C9H9NS/c10-7-9-3-1-2-8(6-9)4-5-11/h1-3,6,11H,4-5H2. The molecule has 0 saturated heterocycles. The molecule has 0 spiro atoms. The van der Waals surface area contributed by atoms with Gasteiger partial charge in [-0.3, -0.25) is 0 Å². The van der Waals surface area contributed by atoms with E-state index in [0.717, 1.165) is 17.7 Å². The normalized spacial score (nSPS) is 9.09. The van der Waals surface area contributed by atoms with E-state index in [4.69, 9.17) is 5.26 Å². The van der Waals surface area contributed by atoms with Crippen molar-refractivity contribution in [1.82, 2.24) is 0 Å². The van der Waals surface area contributed by atoms with Crippen LogP contribution < -0.4 is 0 Å². The van der Waals surface area contributed by atoms with Crippen LogP contribution in [0.15, 0.2) is 24.3 Å². The van der Waals surface area contributed by atoms with Crippen molar-refractivity contribution >= 4 is 12.6 Å². The second kappa shape index (κ2) is 4.05. The van der Waals surface area contributed by atoms with Gasteiger partial charge in [0.2, 0.25) is 0 Å². The van der Waals surface area contributed by atoms with Gasteiger partial charge < -0.3 is 0 Å². The topological polar surface area (TPSA) is 23.8 Å². The molecule has 0 aromatic heterocycles. The summed E-state index contributed by atoms with van der Waals surface area (Å²) in [5.41, 5.74) is 1.91. The van der Waals surface area contributed by atoms with E-state index < -0.39 is 0 Å². The summed E-state index contributed by atoms with van der Waals surface area (Å²) >= 11 is 4.11. The second-order valence-corrected chi connectivity index (χ2v) is 2.73. The number of thiol groups is 1. The molecule has 0 aliphatic heterocycles. The van der Waals surface area contributed by atoms with Crippen molar-refractivity contribution < 1.29 is 0 Å². The Balaban J connectivity index is 2.85. The Bertz CT molecular complexity index is 275. The molecule has 56 valence electrons. The van der Waals surface area contributed by atoms with Crippen molar-refractivity contribution in [3.05, 3.63) is 35.4 Å². The van der Waals surface area contributed by atoms with E-state index in [1.165, 1.54) is 5.56 Å². The highest BCUT2D eigenvalue weighted by molar-refractivity contribution is 7.80. The number of hydrogen-bond acceptors (Lipinski definition) is 2. The average molecular weight is 163 g/mol. The van der Waals surface area contributed by atoms with E-state index in [0.29, 0.717) is 0 Å². The molecule has 0 N–H and O–H groups in total. The molecule has 0 saturated carbocycles. The Hall–Kier alpha value is -0.940. The molecule has 0 radical (unpaired) electrons. The highest BCUT2D eigenvalue weighted by atomic mass is 32.1. The molecule has 0 fully saturated rings. The lowest BCUT2D eigenvalue weighted by atomic mass is 10.1. The van der Waals surface area contributed by atoms with E-state index in [1.54, 1.807) is 0 Å². The molecule has 1 rings (SSSR count). The van der Waals surface area contributed by atoms with E-state index in [-0.39, 0.29) is 0 Å². The fraction of sp³-hybridized carbons (Fsp3) is 0.222. The quantitative estimate of drug-likeness (QED) is 0.663. The third-order valence-electron chi connectivity index (χ3n) is 1.46. The van der Waals surface area contributed by atoms with Crippen LogP contribution in [0.1, 0.15) is 11.1 Å². The lowest BCUT2D eigenvalue weighted by Gasteiger charge is -1.96. The van der Waals surface area contributed by atoms with Gasteiger partial charge in [-0.1, -0.05) is 12.1 Å². The SMILES string of the molecule is N#Cc1cccc(CCS)c1. The molecule has 1 nitrogen and oxygen atoms in total. The summed E-state index contributed by atoms with van der Waals surface area (Å²) in [4.78, 5) is 0. The fourth-order valence-electron chi connectivity index (χ4n) is 0.925. The zero-order chi connectivity index (χ0) is 8.10. The zero-order valence-corrected chi connectivity index (χ0v) is 7.01. The molecule has 0 unspecified atom stereocenters. The van der Waals surface area contributed by atoms with Crippen LogP contribution in [0.2, 0.25) is 0 Å². The largest absolute Gasteiger partial charge is 0.192 e. The van der Waals surface area contributed by atoms with E-state index in [9.17, 15) is 0 Å². The van der Waals surface area contributed by atoms with E-state index in [1.807, 2.05) is 24.3 Å². The van der Waals surface area contributed by atoms with Crippen LogP contribution >= 0.6 is 12.6 Å². The zero-order valence-electron chi connectivity index (χ0n) is 6.12. The molecular formula is C9H9NS. The maximum absolute atomic E-state index is 8.56. The molecule has 1 aromatic rings. The minimum atomic E-state index is 0.726. The van der Waals surface area contributed by atoms with E-state index in [2.05, 4.69) is 18.7 Å². The summed E-state index contributed by atoms with van der Waals surface area (Å²) in [7, 11) is 0. The van der Waals surface area contributed by atoms with Gasteiger partial charge in [-0.15, -0.1) is 0 Å². The number of rotatable bonds is 2. The average Bonchev–Trinajstić information content (AvgIpc) is 2.06. The molecule has 2 heteroatoms. The summed E-state index contributed by atoms with van der Waals surface area (Å²) in [6, 6.07) is 9.72. The van der Waals surface area contributed by atoms with Crippen molar-refractivity contribution in [3.63, 3.8) is 0 Å². The van der Waals surface area contributed by atoms with Crippen LogP contribution in [0.3, 0.4) is 0 Å². The molecule has 0 atom stereocenters. The van der Waals surface area contributed by atoms with Gasteiger partial charge in [0.25, 0.3) is 0 Å². The Morgan fingerprint density at radius 2 is 2.27 bits per heavy atom. The van der Waals surface area contributed by atoms with Gasteiger partial charge in [0.15, 0.2) is 0 Å².